The van der Waals surface area contributed by atoms with Gasteiger partial charge in [-0.1, -0.05) is 6.07 Å². The van der Waals surface area contributed by atoms with E-state index in [1.165, 1.54) is 12.1 Å². The SMILES string of the molecule is NCCc1ccc(O)c(O)c1.[Bi]. The molecule has 0 aliphatic rings. The smallest absolute Gasteiger partial charge is 0.157 e. The molecule has 1 rings (SSSR count). The fraction of sp³-hybridized carbons (Fsp3) is 0.250. The van der Waals surface area contributed by atoms with Crippen LogP contribution in [0, 0.1) is 0 Å². The first-order valence-electron chi connectivity index (χ1n) is 3.45. The van der Waals surface area contributed by atoms with E-state index in [4.69, 9.17) is 15.9 Å². The second-order valence-electron chi connectivity index (χ2n) is 2.36. The van der Waals surface area contributed by atoms with Gasteiger partial charge in [0.05, 0.1) is 0 Å². The fourth-order valence-corrected chi connectivity index (χ4v) is 0.891. The standard InChI is InChI=1S/C8H11NO2.Bi/c9-4-3-6-1-2-7(10)8(11)5-6;/h1-2,5,10-11H,3-4,9H2;. The van der Waals surface area contributed by atoms with Gasteiger partial charge < -0.3 is 15.9 Å². The third-order valence-corrected chi connectivity index (χ3v) is 1.47. The maximum absolute atomic E-state index is 9.04. The van der Waals surface area contributed by atoms with Gasteiger partial charge in [0, 0.05) is 26.2 Å². The molecule has 0 saturated heterocycles. The number of phenols is 2. The molecule has 3 nitrogen and oxygen atoms in total. The van der Waals surface area contributed by atoms with Crippen LogP contribution in [0.2, 0.25) is 0 Å². The molecular formula is C8H11BiNO2. The Morgan fingerprint density at radius 2 is 1.83 bits per heavy atom. The van der Waals surface area contributed by atoms with Crippen LogP contribution in [-0.4, -0.2) is 43.0 Å². The van der Waals surface area contributed by atoms with Gasteiger partial charge in [-0.3, -0.25) is 0 Å². The van der Waals surface area contributed by atoms with Crippen molar-refractivity contribution >= 4 is 26.2 Å². The second-order valence-corrected chi connectivity index (χ2v) is 2.36. The van der Waals surface area contributed by atoms with Crippen molar-refractivity contribution in [2.75, 3.05) is 6.54 Å². The summed E-state index contributed by atoms with van der Waals surface area (Å²) in [5.74, 6) is -0.179. The first kappa shape index (κ1) is 11.7. The van der Waals surface area contributed by atoms with E-state index in [9.17, 15) is 0 Å². The Bertz CT molecular complexity index is 253. The van der Waals surface area contributed by atoms with E-state index < -0.39 is 0 Å². The van der Waals surface area contributed by atoms with Crippen molar-refractivity contribution in [3.05, 3.63) is 23.8 Å². The summed E-state index contributed by atoms with van der Waals surface area (Å²) < 4.78 is 0. The molecule has 4 N–H and O–H groups in total. The molecule has 0 atom stereocenters. The maximum atomic E-state index is 9.04. The molecule has 12 heavy (non-hydrogen) atoms. The van der Waals surface area contributed by atoms with Gasteiger partial charge in [-0.25, -0.2) is 0 Å². The number of phenolic OH excluding ortho intramolecular Hbond substituents is 2. The number of nitrogens with two attached hydrogens (primary N) is 1. The van der Waals surface area contributed by atoms with Crippen molar-refractivity contribution in [1.29, 1.82) is 0 Å². The van der Waals surface area contributed by atoms with Gasteiger partial charge in [-0.2, -0.15) is 0 Å². The quantitative estimate of drug-likeness (QED) is 0.521. The third kappa shape index (κ3) is 2.96. The summed E-state index contributed by atoms with van der Waals surface area (Å²) in [6.45, 7) is 0.546. The molecule has 0 aromatic heterocycles. The van der Waals surface area contributed by atoms with Crippen LogP contribution in [0.1, 0.15) is 5.56 Å². The molecule has 0 amide bonds. The summed E-state index contributed by atoms with van der Waals surface area (Å²) in [7, 11) is 0. The van der Waals surface area contributed by atoms with Gasteiger partial charge in [0.2, 0.25) is 0 Å². The minimum Gasteiger partial charge on any atom is -0.504 e. The predicted molar refractivity (Wildman–Crippen MR) is 48.3 cm³/mol. The summed E-state index contributed by atoms with van der Waals surface area (Å²) in [4.78, 5) is 0. The normalized spacial score (nSPS) is 9.08. The topological polar surface area (TPSA) is 66.5 Å². The minimum absolute atomic E-state index is 0. The van der Waals surface area contributed by atoms with Crippen LogP contribution >= 0.6 is 0 Å². The number of aromatic hydroxyl groups is 2. The van der Waals surface area contributed by atoms with E-state index in [-0.39, 0.29) is 37.7 Å². The zero-order valence-corrected chi connectivity index (χ0v) is 10.0. The van der Waals surface area contributed by atoms with Crippen LogP contribution in [-0.2, 0) is 6.42 Å². The zero-order valence-electron chi connectivity index (χ0n) is 6.57. The average molecular weight is 362 g/mol. The Morgan fingerprint density at radius 1 is 1.17 bits per heavy atom. The molecule has 0 unspecified atom stereocenters. The predicted octanol–water partition coefficient (Wildman–Crippen LogP) is 0.218. The van der Waals surface area contributed by atoms with Crippen LogP contribution in [0.15, 0.2) is 18.2 Å². The van der Waals surface area contributed by atoms with Crippen molar-refractivity contribution in [2.24, 2.45) is 5.73 Å². The van der Waals surface area contributed by atoms with Gasteiger partial charge >= 0.3 is 0 Å². The summed E-state index contributed by atoms with van der Waals surface area (Å²) in [5, 5.41) is 18.0. The van der Waals surface area contributed by atoms with Crippen LogP contribution in [0.25, 0.3) is 0 Å². The Morgan fingerprint density at radius 3 is 2.33 bits per heavy atom. The van der Waals surface area contributed by atoms with Crippen LogP contribution in [0.4, 0.5) is 0 Å². The Labute approximate surface area is 90.3 Å². The molecule has 1 aromatic carbocycles. The summed E-state index contributed by atoms with van der Waals surface area (Å²) in [6.07, 6.45) is 0.716. The Balaban J connectivity index is 0.00000121. The largest absolute Gasteiger partial charge is 0.504 e. The van der Waals surface area contributed by atoms with E-state index >= 15 is 0 Å². The molecule has 65 valence electrons. The van der Waals surface area contributed by atoms with Crippen LogP contribution < -0.4 is 5.73 Å². The van der Waals surface area contributed by atoms with E-state index in [1.807, 2.05) is 0 Å². The molecule has 0 aliphatic carbocycles. The molecule has 0 fully saturated rings. The number of benzene rings is 1. The summed E-state index contributed by atoms with van der Waals surface area (Å²) >= 11 is 0. The summed E-state index contributed by atoms with van der Waals surface area (Å²) in [5.41, 5.74) is 6.24. The van der Waals surface area contributed by atoms with E-state index in [0.717, 1.165) is 5.56 Å². The number of rotatable bonds is 2. The number of hydrogen-bond acceptors (Lipinski definition) is 3. The third-order valence-electron chi connectivity index (χ3n) is 1.47. The van der Waals surface area contributed by atoms with E-state index in [0.29, 0.717) is 13.0 Å². The molecule has 0 spiro atoms. The average Bonchev–Trinajstić information content (AvgIpc) is 1.98. The van der Waals surface area contributed by atoms with Crippen LogP contribution in [0.3, 0.4) is 0 Å². The first-order valence-corrected chi connectivity index (χ1v) is 3.45. The van der Waals surface area contributed by atoms with Crippen molar-refractivity contribution in [3.63, 3.8) is 0 Å². The van der Waals surface area contributed by atoms with Gasteiger partial charge in [-0.15, -0.1) is 0 Å². The van der Waals surface area contributed by atoms with Gasteiger partial charge in [-0.05, 0) is 30.7 Å². The molecular weight excluding hydrogens is 351 g/mol. The number of hydrogen-bond donors (Lipinski definition) is 3. The van der Waals surface area contributed by atoms with E-state index in [2.05, 4.69) is 0 Å². The zero-order chi connectivity index (χ0) is 8.27. The molecule has 0 bridgehead atoms. The van der Waals surface area contributed by atoms with Gasteiger partial charge in [0.1, 0.15) is 0 Å². The molecule has 0 aliphatic heterocycles. The monoisotopic (exact) mass is 362 g/mol. The van der Waals surface area contributed by atoms with Gasteiger partial charge in [0.15, 0.2) is 11.5 Å². The van der Waals surface area contributed by atoms with E-state index in [1.54, 1.807) is 6.07 Å². The second kappa shape index (κ2) is 5.33. The molecule has 0 saturated carbocycles. The first-order chi connectivity index (χ1) is 5.24. The molecule has 3 radical (unpaired) electrons. The van der Waals surface area contributed by atoms with Crippen molar-refractivity contribution < 1.29 is 10.2 Å². The fourth-order valence-electron chi connectivity index (χ4n) is 0.891. The Kier molecular flexibility index (Phi) is 5.18. The van der Waals surface area contributed by atoms with Crippen molar-refractivity contribution in [1.82, 2.24) is 0 Å². The van der Waals surface area contributed by atoms with Crippen molar-refractivity contribution in [3.8, 4) is 11.5 Å². The van der Waals surface area contributed by atoms with Gasteiger partial charge in [0.25, 0.3) is 0 Å². The maximum Gasteiger partial charge on any atom is 0.157 e. The van der Waals surface area contributed by atoms with Crippen molar-refractivity contribution in [2.45, 2.75) is 6.42 Å². The Hall–Kier alpha value is -0.337. The molecule has 1 aromatic rings. The van der Waals surface area contributed by atoms with Crippen LogP contribution in [0.5, 0.6) is 11.5 Å². The molecule has 4 heteroatoms. The minimum atomic E-state index is -0.0919. The molecule has 0 heterocycles. The summed E-state index contributed by atoms with van der Waals surface area (Å²) in [6, 6.07) is 4.71.